The summed E-state index contributed by atoms with van der Waals surface area (Å²) in [4.78, 5) is 0. The van der Waals surface area contributed by atoms with Crippen molar-refractivity contribution in [2.24, 2.45) is 0 Å². The van der Waals surface area contributed by atoms with Crippen LogP contribution in [-0.4, -0.2) is 50.2 Å². The molecule has 1 aliphatic heterocycles. The zero-order valence-electron chi connectivity index (χ0n) is 16.1. The average molecular weight is 325 g/mol. The molecule has 128 valence electrons. The zero-order valence-corrected chi connectivity index (χ0v) is 16.1. The first kappa shape index (κ1) is 17.2. The van der Waals surface area contributed by atoms with Gasteiger partial charge in [-0.25, -0.2) is 0 Å². The Kier molecular flexibility index (Phi) is 4.31. The van der Waals surface area contributed by atoms with E-state index in [1.54, 1.807) is 0 Å². The van der Waals surface area contributed by atoms with Crippen molar-refractivity contribution in [3.05, 3.63) is 70.8 Å². The molecule has 0 spiro atoms. The number of hydrogen-bond donors (Lipinski definition) is 0. The lowest BCUT2D eigenvalue weighted by Crippen LogP contribution is -2.63. The fourth-order valence-corrected chi connectivity index (χ4v) is 4.18. The number of nitrogens with zero attached hydrogens (tertiary/aromatic N) is 2. The Morgan fingerprint density at radius 1 is 0.583 bits per heavy atom. The molecule has 0 radical (unpaired) electrons. The fraction of sp³-hybridized carbons (Fsp3) is 0.455. The molecule has 3 rings (SSSR count). The first-order chi connectivity index (χ1) is 11.2. The molecule has 2 aromatic rings. The van der Waals surface area contributed by atoms with Gasteiger partial charge < -0.3 is 8.97 Å². The third kappa shape index (κ3) is 3.26. The van der Waals surface area contributed by atoms with Gasteiger partial charge in [0.1, 0.15) is 13.1 Å². The van der Waals surface area contributed by atoms with Gasteiger partial charge in [-0.15, -0.1) is 0 Å². The van der Waals surface area contributed by atoms with Gasteiger partial charge in [-0.1, -0.05) is 59.7 Å². The molecule has 0 amide bonds. The Hall–Kier alpha value is -1.64. The van der Waals surface area contributed by atoms with Crippen molar-refractivity contribution in [1.82, 2.24) is 0 Å². The van der Waals surface area contributed by atoms with E-state index in [2.05, 4.69) is 90.6 Å². The number of piperazine rings is 1. The van der Waals surface area contributed by atoms with Crippen molar-refractivity contribution in [1.29, 1.82) is 0 Å². The summed E-state index contributed by atoms with van der Waals surface area (Å²) in [5.41, 5.74) is 5.62. The minimum absolute atomic E-state index is 0.544. The van der Waals surface area contributed by atoms with Gasteiger partial charge in [0.25, 0.3) is 0 Å². The summed E-state index contributed by atoms with van der Waals surface area (Å²) >= 11 is 0. The highest BCUT2D eigenvalue weighted by atomic mass is 15.5. The molecule has 24 heavy (non-hydrogen) atoms. The third-order valence-corrected chi connectivity index (χ3v) is 5.90. The van der Waals surface area contributed by atoms with E-state index in [9.17, 15) is 0 Å². The van der Waals surface area contributed by atoms with Crippen LogP contribution in [0.4, 0.5) is 0 Å². The molecule has 2 atom stereocenters. The number of aryl methyl sites for hydroxylation is 2. The Bertz CT molecular complexity index is 632. The molecule has 2 nitrogen and oxygen atoms in total. The summed E-state index contributed by atoms with van der Waals surface area (Å²) in [6, 6.07) is 19.4. The second-order valence-electron chi connectivity index (χ2n) is 8.78. The second kappa shape index (κ2) is 6.02. The molecule has 1 heterocycles. The number of benzene rings is 2. The van der Waals surface area contributed by atoms with E-state index >= 15 is 0 Å². The number of rotatable bonds is 2. The molecule has 2 unspecified atom stereocenters. The van der Waals surface area contributed by atoms with Gasteiger partial charge in [0, 0.05) is 11.1 Å². The minimum atomic E-state index is 0.544. The standard InChI is InChI=1S/C22H32N2/c1-17-7-11-19(12-8-17)21-15-24(5,6)22(16-23(21,3)4)20-13-9-18(2)10-14-20/h7-14,21-22H,15-16H2,1-6H3/q+2. The van der Waals surface area contributed by atoms with Crippen LogP contribution in [0.25, 0.3) is 0 Å². The lowest BCUT2D eigenvalue weighted by atomic mass is 9.92. The van der Waals surface area contributed by atoms with Crippen LogP contribution in [0.2, 0.25) is 0 Å². The predicted octanol–water partition coefficient (Wildman–Crippen LogP) is 4.25. The van der Waals surface area contributed by atoms with Gasteiger partial charge in [0.2, 0.25) is 0 Å². The summed E-state index contributed by atoms with van der Waals surface area (Å²) in [5.74, 6) is 0. The Morgan fingerprint density at radius 2 is 0.875 bits per heavy atom. The molecule has 0 saturated carbocycles. The minimum Gasteiger partial charge on any atom is -0.312 e. The molecule has 2 aromatic carbocycles. The van der Waals surface area contributed by atoms with E-state index in [0.29, 0.717) is 12.1 Å². The molecule has 1 fully saturated rings. The lowest BCUT2D eigenvalue weighted by molar-refractivity contribution is -1.04. The maximum atomic E-state index is 2.39. The summed E-state index contributed by atoms with van der Waals surface area (Å²) in [6.07, 6.45) is 0. The molecular formula is C22H32N2+2. The molecule has 0 bridgehead atoms. The van der Waals surface area contributed by atoms with Gasteiger partial charge in [0.15, 0.2) is 12.1 Å². The van der Waals surface area contributed by atoms with Crippen molar-refractivity contribution in [3.63, 3.8) is 0 Å². The van der Waals surface area contributed by atoms with Crippen LogP contribution >= 0.6 is 0 Å². The van der Waals surface area contributed by atoms with Gasteiger partial charge >= 0.3 is 0 Å². The van der Waals surface area contributed by atoms with E-state index < -0.39 is 0 Å². The van der Waals surface area contributed by atoms with Crippen molar-refractivity contribution in [3.8, 4) is 0 Å². The number of likely N-dealkylation sites (N-methyl/N-ethyl adjacent to an activating group) is 2. The van der Waals surface area contributed by atoms with Crippen LogP contribution in [0, 0.1) is 13.8 Å². The topological polar surface area (TPSA) is 0 Å². The first-order valence-corrected chi connectivity index (χ1v) is 8.97. The molecule has 0 N–H and O–H groups in total. The first-order valence-electron chi connectivity index (χ1n) is 8.97. The number of hydrogen-bond acceptors (Lipinski definition) is 0. The lowest BCUT2D eigenvalue weighted by Gasteiger charge is -2.52. The molecule has 2 heteroatoms. The van der Waals surface area contributed by atoms with Gasteiger partial charge in [-0.05, 0) is 13.8 Å². The second-order valence-corrected chi connectivity index (χ2v) is 8.78. The molecule has 0 aliphatic carbocycles. The summed E-state index contributed by atoms with van der Waals surface area (Å²) in [7, 11) is 9.57. The highest BCUT2D eigenvalue weighted by Crippen LogP contribution is 2.40. The zero-order chi connectivity index (χ0) is 17.5. The maximum Gasteiger partial charge on any atom is 0.164 e. The van der Waals surface area contributed by atoms with E-state index in [4.69, 9.17) is 0 Å². The van der Waals surface area contributed by atoms with Crippen LogP contribution < -0.4 is 0 Å². The van der Waals surface area contributed by atoms with Crippen molar-refractivity contribution >= 4 is 0 Å². The molecule has 1 aliphatic rings. The van der Waals surface area contributed by atoms with E-state index in [0.717, 1.165) is 22.1 Å². The van der Waals surface area contributed by atoms with Gasteiger partial charge in [-0.3, -0.25) is 0 Å². The fourth-order valence-electron chi connectivity index (χ4n) is 4.18. The van der Waals surface area contributed by atoms with Crippen molar-refractivity contribution < 1.29 is 8.97 Å². The molecule has 1 saturated heterocycles. The summed E-state index contributed by atoms with van der Waals surface area (Å²) < 4.78 is 2.09. The smallest absolute Gasteiger partial charge is 0.164 e. The Balaban J connectivity index is 1.93. The Morgan fingerprint density at radius 3 is 1.17 bits per heavy atom. The van der Waals surface area contributed by atoms with Crippen molar-refractivity contribution in [2.75, 3.05) is 41.3 Å². The Labute approximate surface area is 147 Å². The maximum absolute atomic E-state index is 2.39. The normalized spacial score (nSPS) is 25.4. The predicted molar refractivity (Wildman–Crippen MR) is 102 cm³/mol. The van der Waals surface area contributed by atoms with E-state index in [1.807, 2.05) is 0 Å². The highest BCUT2D eigenvalue weighted by molar-refractivity contribution is 5.25. The largest absolute Gasteiger partial charge is 0.312 e. The summed E-state index contributed by atoms with van der Waals surface area (Å²) in [5, 5.41) is 0. The van der Waals surface area contributed by atoms with Crippen LogP contribution in [0.1, 0.15) is 34.3 Å². The van der Waals surface area contributed by atoms with Crippen LogP contribution in [-0.2, 0) is 0 Å². The monoisotopic (exact) mass is 324 g/mol. The van der Waals surface area contributed by atoms with Crippen LogP contribution in [0.3, 0.4) is 0 Å². The van der Waals surface area contributed by atoms with Gasteiger partial charge in [-0.2, -0.15) is 0 Å². The SMILES string of the molecule is Cc1ccc(C2C[N+](C)(C)C(c3ccc(C)cc3)C[N+]2(C)C)cc1. The average Bonchev–Trinajstić information content (AvgIpc) is 2.51. The highest BCUT2D eigenvalue weighted by Gasteiger charge is 2.48. The van der Waals surface area contributed by atoms with Gasteiger partial charge in [0.05, 0.1) is 28.2 Å². The third-order valence-electron chi connectivity index (χ3n) is 5.90. The quantitative estimate of drug-likeness (QED) is 0.724. The van der Waals surface area contributed by atoms with Crippen LogP contribution in [0.15, 0.2) is 48.5 Å². The molecular weight excluding hydrogens is 292 g/mol. The van der Waals surface area contributed by atoms with Crippen LogP contribution in [0.5, 0.6) is 0 Å². The molecule has 0 aromatic heterocycles. The van der Waals surface area contributed by atoms with E-state index in [1.165, 1.54) is 22.3 Å². The van der Waals surface area contributed by atoms with Crippen molar-refractivity contribution in [2.45, 2.75) is 25.9 Å². The summed E-state index contributed by atoms with van der Waals surface area (Å²) in [6.45, 7) is 6.65. The number of quaternary nitrogens is 2. The van der Waals surface area contributed by atoms with E-state index in [-0.39, 0.29) is 0 Å².